The van der Waals surface area contributed by atoms with Crippen LogP contribution in [0.3, 0.4) is 0 Å². The van der Waals surface area contributed by atoms with Crippen molar-refractivity contribution < 1.29 is 19.8 Å². The normalized spacial score (nSPS) is 19.7. The van der Waals surface area contributed by atoms with E-state index in [0.29, 0.717) is 13.1 Å². The molecule has 0 radical (unpaired) electrons. The Kier molecular flexibility index (Phi) is 8.55. The highest BCUT2D eigenvalue weighted by molar-refractivity contribution is 5.86. The molecule has 0 aliphatic carbocycles. The lowest BCUT2D eigenvalue weighted by atomic mass is 10.00. The van der Waals surface area contributed by atoms with Crippen molar-refractivity contribution in [3.8, 4) is 22.3 Å². The van der Waals surface area contributed by atoms with Crippen molar-refractivity contribution in [1.29, 1.82) is 0 Å². The summed E-state index contributed by atoms with van der Waals surface area (Å²) in [7, 11) is 0. The van der Waals surface area contributed by atoms with Gasteiger partial charge in [-0.25, -0.2) is 9.97 Å². The molecule has 2 saturated heterocycles. The molecular formula is C38H44N6O4. The van der Waals surface area contributed by atoms with Gasteiger partial charge in [0.1, 0.15) is 23.9 Å². The summed E-state index contributed by atoms with van der Waals surface area (Å²) in [5, 5.41) is 20.8. The molecule has 2 aromatic heterocycles. The Balaban J connectivity index is 1.09. The summed E-state index contributed by atoms with van der Waals surface area (Å²) in [6.45, 7) is 8.67. The number of carbonyl (C=O) groups excluding carboxylic acids is 2. The average Bonchev–Trinajstić information content (AvgIpc) is 3.91. The number of hydrogen-bond donors (Lipinski definition) is 4. The van der Waals surface area contributed by atoms with E-state index in [1.165, 1.54) is 0 Å². The lowest BCUT2D eigenvalue weighted by Crippen LogP contribution is -2.41. The van der Waals surface area contributed by atoms with Gasteiger partial charge in [-0.3, -0.25) is 9.59 Å². The van der Waals surface area contributed by atoms with E-state index in [9.17, 15) is 19.8 Å². The summed E-state index contributed by atoms with van der Waals surface area (Å²) < 4.78 is 0. The minimum Gasteiger partial charge on any atom is -0.383 e. The van der Waals surface area contributed by atoms with Gasteiger partial charge in [-0.1, -0.05) is 64.1 Å². The maximum absolute atomic E-state index is 13.0. The highest BCUT2D eigenvalue weighted by Crippen LogP contribution is 2.35. The van der Waals surface area contributed by atoms with Crippen LogP contribution in [0.2, 0.25) is 0 Å². The van der Waals surface area contributed by atoms with Crippen molar-refractivity contribution in [2.45, 2.75) is 77.7 Å². The number of aliphatic hydroxyl groups excluding tert-OH is 2. The highest BCUT2D eigenvalue weighted by atomic mass is 16.3. The van der Waals surface area contributed by atoms with E-state index in [2.05, 4.69) is 58.5 Å². The van der Waals surface area contributed by atoms with Gasteiger partial charge in [-0.2, -0.15) is 0 Å². The summed E-state index contributed by atoms with van der Waals surface area (Å²) >= 11 is 0. The second-order valence-corrected chi connectivity index (χ2v) is 14.0. The van der Waals surface area contributed by atoms with Crippen LogP contribution in [0.25, 0.3) is 44.3 Å². The summed E-state index contributed by atoms with van der Waals surface area (Å²) in [6.07, 6.45) is 1.39. The molecule has 250 valence electrons. The van der Waals surface area contributed by atoms with E-state index in [0.717, 1.165) is 81.7 Å². The molecule has 2 amide bonds. The van der Waals surface area contributed by atoms with Crippen LogP contribution in [0.15, 0.2) is 60.7 Å². The van der Waals surface area contributed by atoms with Gasteiger partial charge >= 0.3 is 0 Å². The number of H-pyrrole nitrogens is 2. The van der Waals surface area contributed by atoms with Gasteiger partial charge in [0.25, 0.3) is 11.8 Å². The van der Waals surface area contributed by atoms with Crippen molar-refractivity contribution in [2.24, 2.45) is 11.8 Å². The number of aromatic amines is 2. The van der Waals surface area contributed by atoms with E-state index in [-0.39, 0.29) is 35.7 Å². The fraction of sp³-hybridized carbons (Fsp3) is 0.421. The molecular weight excluding hydrogens is 604 g/mol. The number of amides is 2. The van der Waals surface area contributed by atoms with E-state index in [4.69, 9.17) is 9.97 Å². The molecule has 4 heterocycles. The lowest BCUT2D eigenvalue weighted by molar-refractivity contribution is -0.144. The fourth-order valence-electron chi connectivity index (χ4n) is 7.13. The quantitative estimate of drug-likeness (QED) is 0.160. The van der Waals surface area contributed by atoms with Gasteiger partial charge in [0.2, 0.25) is 0 Å². The smallest absolute Gasteiger partial charge is 0.252 e. The summed E-state index contributed by atoms with van der Waals surface area (Å²) in [5.74, 6) is 0.795. The first kappa shape index (κ1) is 32.0. The summed E-state index contributed by atoms with van der Waals surface area (Å²) in [6, 6.07) is 20.5. The van der Waals surface area contributed by atoms with Crippen LogP contribution in [-0.4, -0.2) is 77.1 Å². The Hall–Kier alpha value is -4.54. The molecule has 2 fully saturated rings. The van der Waals surface area contributed by atoms with Gasteiger partial charge in [0, 0.05) is 13.1 Å². The molecule has 2 aliphatic rings. The molecule has 0 spiro atoms. The molecule has 4 N–H and O–H groups in total. The van der Waals surface area contributed by atoms with Crippen LogP contribution in [0.4, 0.5) is 0 Å². The topological polar surface area (TPSA) is 138 Å². The Morgan fingerprint density at radius 3 is 1.40 bits per heavy atom. The third-order valence-electron chi connectivity index (χ3n) is 10.0. The molecule has 0 saturated carbocycles. The third-order valence-corrected chi connectivity index (χ3v) is 10.0. The minimum absolute atomic E-state index is 0.137. The van der Waals surface area contributed by atoms with Crippen LogP contribution < -0.4 is 0 Å². The molecule has 3 aromatic carbocycles. The zero-order chi connectivity index (χ0) is 33.7. The van der Waals surface area contributed by atoms with E-state index in [1.807, 2.05) is 39.8 Å². The van der Waals surface area contributed by atoms with Gasteiger partial charge in [-0.05, 0) is 84.0 Å². The van der Waals surface area contributed by atoms with Crippen LogP contribution in [-0.2, 0) is 9.59 Å². The first-order valence-corrected chi connectivity index (χ1v) is 17.2. The molecule has 10 nitrogen and oxygen atoms in total. The van der Waals surface area contributed by atoms with E-state index in [1.54, 1.807) is 9.80 Å². The molecule has 7 rings (SSSR count). The first-order chi connectivity index (χ1) is 23.1. The number of carbonyl (C=O) groups is 2. The van der Waals surface area contributed by atoms with Crippen LogP contribution >= 0.6 is 0 Å². The van der Waals surface area contributed by atoms with Crippen molar-refractivity contribution in [3.05, 3.63) is 72.3 Å². The number of benzene rings is 3. The van der Waals surface area contributed by atoms with Gasteiger partial charge in [0.15, 0.2) is 0 Å². The maximum Gasteiger partial charge on any atom is 0.252 e. The summed E-state index contributed by atoms with van der Waals surface area (Å²) in [4.78, 5) is 46.0. The second kappa shape index (κ2) is 12.8. The maximum atomic E-state index is 13.0. The highest BCUT2D eigenvalue weighted by Gasteiger charge is 2.37. The Labute approximate surface area is 280 Å². The lowest BCUT2D eigenvalue weighted by Gasteiger charge is -2.27. The molecule has 0 bridgehead atoms. The first-order valence-electron chi connectivity index (χ1n) is 17.2. The third kappa shape index (κ3) is 5.88. The van der Waals surface area contributed by atoms with Crippen LogP contribution in [0, 0.1) is 11.8 Å². The SMILES string of the molecule is CC(C)[C@H](O)C(=O)N1CCC[C@H]1c1nc2ccc(-c3ccc(-c4ccc5nc([C@@H]6CCCN6C(=O)[C@@H](O)C(C)C)[nH]c5c4)cc3)cc2[nH]1. The molecule has 2 aliphatic heterocycles. The fourth-order valence-corrected chi connectivity index (χ4v) is 7.13. The number of hydrogen-bond acceptors (Lipinski definition) is 6. The number of rotatable bonds is 8. The number of aliphatic hydroxyl groups is 2. The monoisotopic (exact) mass is 648 g/mol. The van der Waals surface area contributed by atoms with Crippen molar-refractivity contribution >= 4 is 33.9 Å². The number of likely N-dealkylation sites (tertiary alicyclic amines) is 2. The Morgan fingerprint density at radius 1 is 0.646 bits per heavy atom. The predicted octanol–water partition coefficient (Wildman–Crippen LogP) is 6.13. The molecule has 48 heavy (non-hydrogen) atoms. The number of aromatic nitrogens is 4. The van der Waals surface area contributed by atoms with Crippen molar-refractivity contribution in [3.63, 3.8) is 0 Å². The zero-order valence-electron chi connectivity index (χ0n) is 28.0. The van der Waals surface area contributed by atoms with Crippen LogP contribution in [0.1, 0.15) is 77.1 Å². The number of imidazole rings is 2. The largest absolute Gasteiger partial charge is 0.383 e. The number of nitrogens with zero attached hydrogens (tertiary/aromatic N) is 4. The number of nitrogens with one attached hydrogen (secondary N) is 2. The van der Waals surface area contributed by atoms with Crippen LogP contribution in [0.5, 0.6) is 0 Å². The van der Waals surface area contributed by atoms with E-state index < -0.39 is 12.2 Å². The second-order valence-electron chi connectivity index (χ2n) is 14.0. The zero-order valence-corrected chi connectivity index (χ0v) is 28.0. The molecule has 5 aromatic rings. The summed E-state index contributed by atoms with van der Waals surface area (Å²) in [5.41, 5.74) is 7.80. The van der Waals surface area contributed by atoms with Crippen molar-refractivity contribution in [2.75, 3.05) is 13.1 Å². The van der Waals surface area contributed by atoms with E-state index >= 15 is 0 Å². The molecule has 4 atom stereocenters. The number of fused-ring (bicyclic) bond motifs is 2. The predicted molar refractivity (Wildman–Crippen MR) is 186 cm³/mol. The standard InChI is InChI=1S/C38H44N6O4/c1-21(2)33(45)37(47)43-17-5-7-31(43)35-39-27-15-13-25(19-29(27)41-35)23-9-11-24(12-10-23)26-14-16-28-30(20-26)42-36(40-28)32-8-6-18-44(32)38(48)34(46)22(3)4/h9-16,19-22,31-34,45-46H,5-8,17-18H2,1-4H3,(H,39,41)(H,40,42)/t31-,32-,33-,34-/m0/s1. The average molecular weight is 649 g/mol. The molecule has 10 heteroatoms. The van der Waals surface area contributed by atoms with Gasteiger partial charge < -0.3 is 30.0 Å². The van der Waals surface area contributed by atoms with Crippen molar-refractivity contribution in [1.82, 2.24) is 29.7 Å². The van der Waals surface area contributed by atoms with Gasteiger partial charge in [0.05, 0.1) is 34.2 Å². The Bertz CT molecular complexity index is 1820. The van der Waals surface area contributed by atoms with Gasteiger partial charge in [-0.15, -0.1) is 0 Å². The molecule has 0 unspecified atom stereocenters. The Morgan fingerprint density at radius 2 is 1.02 bits per heavy atom. The minimum atomic E-state index is -1.01.